The molecule has 0 aromatic rings. The Bertz CT molecular complexity index is 454. The second-order valence-corrected chi connectivity index (χ2v) is 8.44. The lowest BCUT2D eigenvalue weighted by atomic mass is 9.64. The van der Waals surface area contributed by atoms with Crippen molar-refractivity contribution in [1.82, 2.24) is 10.6 Å². The van der Waals surface area contributed by atoms with E-state index in [-0.39, 0.29) is 41.4 Å². The van der Waals surface area contributed by atoms with E-state index in [1.807, 2.05) is 0 Å². The Labute approximate surface area is 182 Å². The molecule has 2 fully saturated rings. The second-order valence-electron chi connectivity index (χ2n) is 8.44. The predicted octanol–water partition coefficient (Wildman–Crippen LogP) is 2.93. The molecule has 160 valence electrons. The molecule has 1 aliphatic carbocycles. The average molecular weight is 497 g/mol. The lowest BCUT2D eigenvalue weighted by Gasteiger charge is -2.52. The third-order valence-corrected chi connectivity index (χ3v) is 6.05. The van der Waals surface area contributed by atoms with E-state index >= 15 is 0 Å². The summed E-state index contributed by atoms with van der Waals surface area (Å²) in [7, 11) is 0. The lowest BCUT2D eigenvalue weighted by molar-refractivity contribution is -0.113. The summed E-state index contributed by atoms with van der Waals surface area (Å²) in [5, 5.41) is 16.4. The van der Waals surface area contributed by atoms with Gasteiger partial charge in [-0.3, -0.25) is 4.99 Å². The topological polar surface area (TPSA) is 75.1 Å². The van der Waals surface area contributed by atoms with E-state index in [1.54, 1.807) is 0 Å². The largest absolute Gasteiger partial charge is 0.396 e. The second kappa shape index (κ2) is 11.8. The van der Waals surface area contributed by atoms with Crippen molar-refractivity contribution in [2.75, 3.05) is 39.5 Å². The number of ether oxygens (including phenoxy) is 2. The highest BCUT2D eigenvalue weighted by Crippen LogP contribution is 2.42. The standard InChI is InChI=1S/C20H39N3O3.HI/c1-5-7-11-26-17-13-16(19(17,3)4)23-18(21-6-2)22-14-20(8-10-24)9-12-25-15-20;/h16-17,24H,5-15H2,1-4H3,(H2,21,22,23);1H. The number of aliphatic hydroxyl groups is 1. The lowest BCUT2D eigenvalue weighted by Crippen LogP contribution is -2.63. The van der Waals surface area contributed by atoms with Gasteiger partial charge in [0.05, 0.1) is 19.3 Å². The summed E-state index contributed by atoms with van der Waals surface area (Å²) in [6.07, 6.45) is 5.36. The number of halogens is 1. The Hall–Kier alpha value is -0.120. The zero-order chi connectivity index (χ0) is 19.0. The molecule has 0 aromatic carbocycles. The summed E-state index contributed by atoms with van der Waals surface area (Å²) >= 11 is 0. The Morgan fingerprint density at radius 2 is 2.11 bits per heavy atom. The molecule has 1 saturated heterocycles. The van der Waals surface area contributed by atoms with Crippen molar-refractivity contribution in [3.05, 3.63) is 0 Å². The molecule has 7 heteroatoms. The van der Waals surface area contributed by atoms with Crippen LogP contribution in [0.4, 0.5) is 0 Å². The van der Waals surface area contributed by atoms with Gasteiger partial charge in [-0.1, -0.05) is 27.2 Å². The van der Waals surface area contributed by atoms with Crippen LogP contribution in [-0.2, 0) is 9.47 Å². The van der Waals surface area contributed by atoms with Gasteiger partial charge in [-0.2, -0.15) is 0 Å². The van der Waals surface area contributed by atoms with Crippen molar-refractivity contribution < 1.29 is 14.6 Å². The number of guanidine groups is 1. The van der Waals surface area contributed by atoms with Crippen molar-refractivity contribution in [2.45, 2.75) is 71.9 Å². The minimum atomic E-state index is -0.0158. The molecule has 27 heavy (non-hydrogen) atoms. The zero-order valence-corrected chi connectivity index (χ0v) is 19.9. The average Bonchev–Trinajstić information content (AvgIpc) is 3.07. The van der Waals surface area contributed by atoms with Gasteiger partial charge in [0, 0.05) is 43.2 Å². The molecule has 0 spiro atoms. The van der Waals surface area contributed by atoms with E-state index in [9.17, 15) is 5.11 Å². The zero-order valence-electron chi connectivity index (χ0n) is 17.6. The maximum atomic E-state index is 9.39. The number of aliphatic imine (C=N–C) groups is 1. The smallest absolute Gasteiger partial charge is 0.191 e. The number of unbranched alkanes of at least 4 members (excludes halogenated alkanes) is 1. The Balaban J connectivity index is 0.00000364. The molecular weight excluding hydrogens is 457 g/mol. The van der Waals surface area contributed by atoms with Gasteiger partial charge in [0.1, 0.15) is 0 Å². The van der Waals surface area contributed by atoms with Crippen molar-refractivity contribution in [1.29, 1.82) is 0 Å². The predicted molar refractivity (Wildman–Crippen MR) is 121 cm³/mol. The van der Waals surface area contributed by atoms with Gasteiger partial charge < -0.3 is 25.2 Å². The van der Waals surface area contributed by atoms with E-state index in [0.717, 1.165) is 51.4 Å². The van der Waals surface area contributed by atoms with E-state index < -0.39 is 0 Å². The summed E-state index contributed by atoms with van der Waals surface area (Å²) in [4.78, 5) is 4.84. The molecule has 2 rings (SSSR count). The maximum Gasteiger partial charge on any atom is 0.191 e. The third kappa shape index (κ3) is 6.72. The number of hydrogen-bond acceptors (Lipinski definition) is 4. The van der Waals surface area contributed by atoms with E-state index in [0.29, 0.717) is 25.3 Å². The fourth-order valence-corrected chi connectivity index (χ4v) is 3.80. The fraction of sp³-hybridized carbons (Fsp3) is 0.950. The monoisotopic (exact) mass is 497 g/mol. The van der Waals surface area contributed by atoms with Gasteiger partial charge in [-0.15, -0.1) is 24.0 Å². The third-order valence-electron chi connectivity index (χ3n) is 6.05. The SMILES string of the molecule is CCCCOC1CC(NC(=NCC2(CCO)CCOC2)NCC)C1(C)C.I. The van der Waals surface area contributed by atoms with Crippen molar-refractivity contribution in [2.24, 2.45) is 15.8 Å². The van der Waals surface area contributed by atoms with Crippen LogP contribution >= 0.6 is 24.0 Å². The summed E-state index contributed by atoms with van der Waals surface area (Å²) in [6.45, 7) is 12.8. The van der Waals surface area contributed by atoms with E-state index in [4.69, 9.17) is 14.5 Å². The summed E-state index contributed by atoms with van der Waals surface area (Å²) in [5.74, 6) is 0.863. The normalized spacial score (nSPS) is 29.7. The Kier molecular flexibility index (Phi) is 10.9. The molecule has 0 amide bonds. The van der Waals surface area contributed by atoms with Crippen molar-refractivity contribution in [3.63, 3.8) is 0 Å². The van der Waals surface area contributed by atoms with Gasteiger partial charge in [0.2, 0.25) is 0 Å². The fourth-order valence-electron chi connectivity index (χ4n) is 3.80. The van der Waals surface area contributed by atoms with Crippen LogP contribution in [0.15, 0.2) is 4.99 Å². The quantitative estimate of drug-likeness (QED) is 0.187. The molecule has 0 bridgehead atoms. The summed E-state index contributed by atoms with van der Waals surface area (Å²) < 4.78 is 11.6. The van der Waals surface area contributed by atoms with Gasteiger partial charge in [-0.05, 0) is 32.6 Å². The molecule has 2 aliphatic rings. The molecule has 1 saturated carbocycles. The molecule has 3 N–H and O–H groups in total. The highest BCUT2D eigenvalue weighted by atomic mass is 127. The first kappa shape index (κ1) is 24.9. The first-order chi connectivity index (χ1) is 12.5. The molecule has 1 aliphatic heterocycles. The molecule has 1 heterocycles. The van der Waals surface area contributed by atoms with Crippen LogP contribution in [0.2, 0.25) is 0 Å². The van der Waals surface area contributed by atoms with Gasteiger partial charge in [-0.25, -0.2) is 0 Å². The summed E-state index contributed by atoms with van der Waals surface area (Å²) in [5.41, 5.74) is 0.0845. The van der Waals surface area contributed by atoms with Crippen molar-refractivity contribution >= 4 is 29.9 Å². The number of nitrogens with one attached hydrogen (secondary N) is 2. The molecule has 0 radical (unpaired) electrons. The highest BCUT2D eigenvalue weighted by molar-refractivity contribution is 14.0. The highest BCUT2D eigenvalue weighted by Gasteiger charge is 2.49. The van der Waals surface area contributed by atoms with Crippen molar-refractivity contribution in [3.8, 4) is 0 Å². The maximum absolute atomic E-state index is 9.39. The molecular formula is C20H40IN3O3. The first-order valence-corrected chi connectivity index (χ1v) is 10.3. The van der Waals surface area contributed by atoms with Crippen LogP contribution in [-0.4, -0.2) is 62.7 Å². The van der Waals surface area contributed by atoms with E-state index in [2.05, 4.69) is 38.3 Å². The van der Waals surface area contributed by atoms with Crippen LogP contribution in [0, 0.1) is 10.8 Å². The first-order valence-electron chi connectivity index (χ1n) is 10.3. The number of hydrogen-bond donors (Lipinski definition) is 3. The van der Waals surface area contributed by atoms with Crippen LogP contribution in [0.3, 0.4) is 0 Å². The minimum absolute atomic E-state index is 0. The number of nitrogens with zero attached hydrogens (tertiary/aromatic N) is 1. The van der Waals surface area contributed by atoms with Gasteiger partial charge >= 0.3 is 0 Å². The molecule has 3 unspecified atom stereocenters. The Morgan fingerprint density at radius 1 is 1.33 bits per heavy atom. The van der Waals surface area contributed by atoms with Gasteiger partial charge in [0.25, 0.3) is 0 Å². The van der Waals surface area contributed by atoms with Crippen LogP contribution in [0.25, 0.3) is 0 Å². The molecule has 0 aromatic heterocycles. The molecule has 3 atom stereocenters. The number of aliphatic hydroxyl groups excluding tert-OH is 1. The van der Waals surface area contributed by atoms with Gasteiger partial charge in [0.15, 0.2) is 5.96 Å². The van der Waals surface area contributed by atoms with Crippen LogP contribution in [0.5, 0.6) is 0 Å². The number of rotatable bonds is 10. The Morgan fingerprint density at radius 3 is 2.67 bits per heavy atom. The summed E-state index contributed by atoms with van der Waals surface area (Å²) in [6, 6.07) is 0.362. The van der Waals surface area contributed by atoms with Crippen LogP contribution in [0.1, 0.15) is 59.8 Å². The van der Waals surface area contributed by atoms with E-state index in [1.165, 1.54) is 6.42 Å². The minimum Gasteiger partial charge on any atom is -0.396 e. The van der Waals surface area contributed by atoms with Crippen LogP contribution < -0.4 is 10.6 Å². The molecule has 6 nitrogen and oxygen atoms in total.